The summed E-state index contributed by atoms with van der Waals surface area (Å²) in [4.78, 5) is 21.9. The van der Waals surface area contributed by atoms with Crippen molar-refractivity contribution in [1.29, 1.82) is 0 Å². The third kappa shape index (κ3) is 3.51. The number of carbonyl (C=O) groups excluding carboxylic acids is 2. The molecule has 1 rings (SSSR count). The van der Waals surface area contributed by atoms with Gasteiger partial charge in [0.15, 0.2) is 0 Å². The summed E-state index contributed by atoms with van der Waals surface area (Å²) in [6, 6.07) is -1.19. The van der Waals surface area contributed by atoms with E-state index < -0.39 is 6.03 Å². The fraction of sp³-hybridized carbons (Fsp3) is 0.800. The summed E-state index contributed by atoms with van der Waals surface area (Å²) in [7, 11) is 0. The van der Waals surface area contributed by atoms with Crippen LogP contribution in [0, 0.1) is 0 Å². The van der Waals surface area contributed by atoms with Gasteiger partial charge in [-0.1, -0.05) is 12.8 Å². The van der Waals surface area contributed by atoms with Crippen molar-refractivity contribution in [3.63, 3.8) is 0 Å². The Kier molecular flexibility index (Phi) is 3.68. The minimum Gasteiger partial charge on any atom is -0.351 e. The Morgan fingerprint density at radius 3 is 2.33 bits per heavy atom. The van der Waals surface area contributed by atoms with Crippen LogP contribution in [0.4, 0.5) is 4.79 Å². The molecule has 0 aromatic heterocycles. The Bertz CT molecular complexity index is 259. The molecule has 0 aromatic rings. The maximum Gasteiger partial charge on any atom is 0.318 e. The van der Waals surface area contributed by atoms with E-state index in [4.69, 9.17) is 5.73 Å². The summed E-state index contributed by atoms with van der Waals surface area (Å²) in [5.41, 5.74) is 4.90. The van der Waals surface area contributed by atoms with Crippen LogP contribution in [0.1, 0.15) is 39.5 Å². The monoisotopic (exact) mass is 213 g/mol. The van der Waals surface area contributed by atoms with Gasteiger partial charge in [-0.05, 0) is 26.7 Å². The van der Waals surface area contributed by atoms with Crippen molar-refractivity contribution in [1.82, 2.24) is 10.6 Å². The highest BCUT2D eigenvalue weighted by atomic mass is 16.2. The second kappa shape index (κ2) is 4.61. The Labute approximate surface area is 89.8 Å². The van der Waals surface area contributed by atoms with Crippen LogP contribution >= 0.6 is 0 Å². The highest BCUT2D eigenvalue weighted by Crippen LogP contribution is 2.29. The van der Waals surface area contributed by atoms with Crippen molar-refractivity contribution in [2.45, 2.75) is 51.1 Å². The van der Waals surface area contributed by atoms with E-state index in [2.05, 4.69) is 17.6 Å². The first kappa shape index (κ1) is 12.0. The number of urea groups is 1. The molecular weight excluding hydrogens is 194 g/mol. The lowest BCUT2D eigenvalue weighted by atomic mass is 9.99. The van der Waals surface area contributed by atoms with Gasteiger partial charge in [-0.3, -0.25) is 10.1 Å². The number of hydrogen-bond acceptors (Lipinski definition) is 3. The molecule has 1 fully saturated rings. The van der Waals surface area contributed by atoms with Crippen LogP contribution in [0.2, 0.25) is 0 Å². The quantitative estimate of drug-likeness (QED) is 0.638. The topological polar surface area (TPSA) is 84.2 Å². The number of rotatable bonds is 3. The summed E-state index contributed by atoms with van der Waals surface area (Å²) in [6.07, 6.45) is 4.52. The lowest BCUT2D eigenvalue weighted by Crippen LogP contribution is -2.53. The Morgan fingerprint density at radius 2 is 1.87 bits per heavy atom. The fourth-order valence-electron chi connectivity index (χ4n) is 2.12. The molecule has 1 saturated carbocycles. The number of imide groups is 1. The second-order valence-corrected chi connectivity index (χ2v) is 4.49. The number of nitrogens with two attached hydrogens (primary N) is 1. The van der Waals surface area contributed by atoms with Gasteiger partial charge in [0.2, 0.25) is 5.91 Å². The van der Waals surface area contributed by atoms with Gasteiger partial charge in [-0.25, -0.2) is 4.79 Å². The molecule has 0 aliphatic heterocycles. The van der Waals surface area contributed by atoms with Crippen LogP contribution in [0.3, 0.4) is 0 Å². The van der Waals surface area contributed by atoms with E-state index in [1.54, 1.807) is 6.92 Å². The van der Waals surface area contributed by atoms with E-state index >= 15 is 0 Å². The van der Waals surface area contributed by atoms with E-state index in [0.717, 1.165) is 12.8 Å². The Hall–Kier alpha value is -1.10. The van der Waals surface area contributed by atoms with Crippen molar-refractivity contribution in [2.75, 3.05) is 0 Å². The van der Waals surface area contributed by atoms with E-state index in [1.165, 1.54) is 12.8 Å². The zero-order valence-corrected chi connectivity index (χ0v) is 9.30. The van der Waals surface area contributed by atoms with E-state index in [9.17, 15) is 9.59 Å². The maximum atomic E-state index is 11.4. The molecule has 15 heavy (non-hydrogen) atoms. The smallest absolute Gasteiger partial charge is 0.318 e. The van der Waals surface area contributed by atoms with Crippen molar-refractivity contribution >= 4 is 11.9 Å². The molecule has 86 valence electrons. The van der Waals surface area contributed by atoms with Crippen LogP contribution < -0.4 is 16.4 Å². The SMILES string of the molecule is CC(NC1(C)CCCC1)C(=O)NC(N)=O. The fourth-order valence-corrected chi connectivity index (χ4v) is 2.12. The van der Waals surface area contributed by atoms with Gasteiger partial charge in [-0.2, -0.15) is 0 Å². The number of primary amides is 1. The van der Waals surface area contributed by atoms with Crippen LogP contribution in [0.5, 0.6) is 0 Å². The molecule has 0 saturated heterocycles. The van der Waals surface area contributed by atoms with Gasteiger partial charge >= 0.3 is 6.03 Å². The second-order valence-electron chi connectivity index (χ2n) is 4.49. The zero-order chi connectivity index (χ0) is 11.5. The van der Waals surface area contributed by atoms with E-state index in [-0.39, 0.29) is 17.5 Å². The maximum absolute atomic E-state index is 11.4. The highest BCUT2D eigenvalue weighted by molar-refractivity contribution is 5.96. The van der Waals surface area contributed by atoms with E-state index in [0.29, 0.717) is 0 Å². The molecule has 5 nitrogen and oxygen atoms in total. The Balaban J connectivity index is 2.43. The predicted octanol–water partition coefficient (Wildman–Crippen LogP) is 0.492. The van der Waals surface area contributed by atoms with Gasteiger partial charge in [0, 0.05) is 5.54 Å². The minimum absolute atomic E-state index is 0.0222. The molecular formula is C10H19N3O2. The molecule has 0 heterocycles. The van der Waals surface area contributed by atoms with Gasteiger partial charge in [0.05, 0.1) is 6.04 Å². The summed E-state index contributed by atoms with van der Waals surface area (Å²) >= 11 is 0. The first-order valence-electron chi connectivity index (χ1n) is 5.31. The van der Waals surface area contributed by atoms with Crippen LogP contribution in [0.25, 0.3) is 0 Å². The van der Waals surface area contributed by atoms with Gasteiger partial charge < -0.3 is 11.1 Å². The van der Waals surface area contributed by atoms with Crippen molar-refractivity contribution in [2.24, 2.45) is 5.73 Å². The number of carbonyl (C=O) groups is 2. The molecule has 1 aliphatic carbocycles. The molecule has 1 atom stereocenters. The standard InChI is InChI=1S/C10H19N3O2/c1-7(8(14)12-9(11)15)13-10(2)5-3-4-6-10/h7,13H,3-6H2,1-2H3,(H3,11,12,14,15). The molecule has 0 radical (unpaired) electrons. The molecule has 0 spiro atoms. The number of nitrogens with one attached hydrogen (secondary N) is 2. The number of hydrogen-bond donors (Lipinski definition) is 3. The van der Waals surface area contributed by atoms with E-state index in [1.807, 2.05) is 0 Å². The summed E-state index contributed by atoms with van der Waals surface area (Å²) in [5.74, 6) is -0.365. The third-order valence-corrected chi connectivity index (χ3v) is 2.91. The first-order chi connectivity index (χ1) is 6.93. The van der Waals surface area contributed by atoms with Crippen LogP contribution in [0.15, 0.2) is 0 Å². The minimum atomic E-state index is -0.801. The van der Waals surface area contributed by atoms with Crippen molar-refractivity contribution < 1.29 is 9.59 Å². The van der Waals surface area contributed by atoms with Gasteiger partial charge in [0.25, 0.3) is 0 Å². The summed E-state index contributed by atoms with van der Waals surface area (Å²) in [5, 5.41) is 5.31. The summed E-state index contributed by atoms with van der Waals surface area (Å²) < 4.78 is 0. The van der Waals surface area contributed by atoms with Gasteiger partial charge in [0.1, 0.15) is 0 Å². The number of amides is 3. The largest absolute Gasteiger partial charge is 0.351 e. The molecule has 5 heteroatoms. The molecule has 3 amide bonds. The van der Waals surface area contributed by atoms with Crippen LogP contribution in [-0.2, 0) is 4.79 Å². The Morgan fingerprint density at radius 1 is 1.33 bits per heavy atom. The predicted molar refractivity (Wildman–Crippen MR) is 57.2 cm³/mol. The molecule has 1 aliphatic rings. The molecule has 4 N–H and O–H groups in total. The normalized spacial score (nSPS) is 20.9. The highest BCUT2D eigenvalue weighted by Gasteiger charge is 2.31. The first-order valence-corrected chi connectivity index (χ1v) is 5.31. The van der Waals surface area contributed by atoms with Crippen LogP contribution in [-0.4, -0.2) is 23.5 Å². The van der Waals surface area contributed by atoms with Crippen molar-refractivity contribution in [3.05, 3.63) is 0 Å². The average Bonchev–Trinajstić information content (AvgIpc) is 2.50. The summed E-state index contributed by atoms with van der Waals surface area (Å²) in [6.45, 7) is 3.84. The van der Waals surface area contributed by atoms with Crippen molar-refractivity contribution in [3.8, 4) is 0 Å². The van der Waals surface area contributed by atoms with Gasteiger partial charge in [-0.15, -0.1) is 0 Å². The average molecular weight is 213 g/mol. The molecule has 0 aromatic carbocycles. The molecule has 0 bridgehead atoms. The third-order valence-electron chi connectivity index (χ3n) is 2.91. The lowest BCUT2D eigenvalue weighted by molar-refractivity contribution is -0.122. The lowest BCUT2D eigenvalue weighted by Gasteiger charge is -2.28. The molecule has 1 unspecified atom stereocenters. The zero-order valence-electron chi connectivity index (χ0n) is 9.30.